The van der Waals surface area contributed by atoms with Crippen LogP contribution < -0.4 is 11.1 Å². The van der Waals surface area contributed by atoms with Gasteiger partial charge in [0.25, 0.3) is 0 Å². The molecule has 3 unspecified atom stereocenters. The molecule has 18 heavy (non-hydrogen) atoms. The summed E-state index contributed by atoms with van der Waals surface area (Å²) < 4.78 is 0. The van der Waals surface area contributed by atoms with Gasteiger partial charge in [-0.15, -0.1) is 0 Å². The topological polar surface area (TPSA) is 55.1 Å². The van der Waals surface area contributed by atoms with Crippen LogP contribution in [0, 0.1) is 23.7 Å². The lowest BCUT2D eigenvalue weighted by atomic mass is 9.93. The standard InChI is InChI=1S/C15H30N2O/c1-11(2)7-13(9-16)8-15(18)17-10-14-6-4-5-12(14)3/h11-14H,4-10,16H2,1-3H3,(H,17,18). The number of rotatable bonds is 7. The number of hydrogen-bond donors (Lipinski definition) is 2. The molecule has 0 heterocycles. The lowest BCUT2D eigenvalue weighted by Crippen LogP contribution is -2.33. The Morgan fingerprint density at radius 2 is 2.11 bits per heavy atom. The van der Waals surface area contributed by atoms with E-state index in [1.165, 1.54) is 19.3 Å². The number of amides is 1. The Morgan fingerprint density at radius 1 is 1.39 bits per heavy atom. The summed E-state index contributed by atoms with van der Waals surface area (Å²) in [6.07, 6.45) is 5.55. The Labute approximate surface area is 112 Å². The van der Waals surface area contributed by atoms with Crippen LogP contribution in [-0.4, -0.2) is 19.0 Å². The largest absolute Gasteiger partial charge is 0.356 e. The average Bonchev–Trinajstić information content (AvgIpc) is 2.70. The third-order valence-electron chi connectivity index (χ3n) is 4.21. The van der Waals surface area contributed by atoms with Crippen molar-refractivity contribution in [1.82, 2.24) is 5.32 Å². The number of nitrogens with two attached hydrogens (primary N) is 1. The highest BCUT2D eigenvalue weighted by atomic mass is 16.1. The summed E-state index contributed by atoms with van der Waals surface area (Å²) in [6.45, 7) is 8.14. The molecule has 1 fully saturated rings. The van der Waals surface area contributed by atoms with E-state index < -0.39 is 0 Å². The minimum atomic E-state index is 0.185. The van der Waals surface area contributed by atoms with Crippen molar-refractivity contribution in [3.8, 4) is 0 Å². The lowest BCUT2D eigenvalue weighted by molar-refractivity contribution is -0.122. The summed E-state index contributed by atoms with van der Waals surface area (Å²) in [5.41, 5.74) is 5.73. The van der Waals surface area contributed by atoms with E-state index in [9.17, 15) is 4.79 Å². The third-order valence-corrected chi connectivity index (χ3v) is 4.21. The molecule has 1 aliphatic carbocycles. The van der Waals surface area contributed by atoms with E-state index >= 15 is 0 Å². The van der Waals surface area contributed by atoms with Crippen molar-refractivity contribution in [1.29, 1.82) is 0 Å². The molecule has 0 radical (unpaired) electrons. The monoisotopic (exact) mass is 254 g/mol. The zero-order valence-corrected chi connectivity index (χ0v) is 12.2. The molecular formula is C15H30N2O. The molecule has 0 aromatic heterocycles. The minimum absolute atomic E-state index is 0.185. The van der Waals surface area contributed by atoms with E-state index in [2.05, 4.69) is 26.1 Å². The highest BCUT2D eigenvalue weighted by Gasteiger charge is 2.23. The summed E-state index contributed by atoms with van der Waals surface area (Å²) in [6, 6.07) is 0. The first kappa shape index (κ1) is 15.5. The lowest BCUT2D eigenvalue weighted by Gasteiger charge is -2.19. The van der Waals surface area contributed by atoms with Crippen LogP contribution in [0.15, 0.2) is 0 Å². The highest BCUT2D eigenvalue weighted by molar-refractivity contribution is 5.76. The van der Waals surface area contributed by atoms with Gasteiger partial charge in [0.1, 0.15) is 0 Å². The number of nitrogens with one attached hydrogen (secondary N) is 1. The van der Waals surface area contributed by atoms with E-state index in [-0.39, 0.29) is 5.91 Å². The van der Waals surface area contributed by atoms with Gasteiger partial charge < -0.3 is 11.1 Å². The van der Waals surface area contributed by atoms with Gasteiger partial charge in [0.2, 0.25) is 5.91 Å². The first-order valence-electron chi connectivity index (χ1n) is 7.49. The zero-order valence-electron chi connectivity index (χ0n) is 12.2. The van der Waals surface area contributed by atoms with Gasteiger partial charge in [0.05, 0.1) is 0 Å². The van der Waals surface area contributed by atoms with Crippen molar-refractivity contribution in [2.45, 2.75) is 52.9 Å². The summed E-state index contributed by atoms with van der Waals surface area (Å²) >= 11 is 0. The van der Waals surface area contributed by atoms with Crippen molar-refractivity contribution in [2.75, 3.05) is 13.1 Å². The van der Waals surface area contributed by atoms with Crippen LogP contribution in [0.3, 0.4) is 0 Å². The number of hydrogen-bond acceptors (Lipinski definition) is 2. The molecule has 3 nitrogen and oxygen atoms in total. The fourth-order valence-corrected chi connectivity index (χ4v) is 3.03. The van der Waals surface area contributed by atoms with Crippen molar-refractivity contribution < 1.29 is 4.79 Å². The molecule has 0 saturated heterocycles. The van der Waals surface area contributed by atoms with Gasteiger partial charge in [-0.1, -0.05) is 33.6 Å². The molecule has 3 heteroatoms. The highest BCUT2D eigenvalue weighted by Crippen LogP contribution is 2.30. The molecule has 0 aliphatic heterocycles. The summed E-state index contributed by atoms with van der Waals surface area (Å²) in [7, 11) is 0. The molecule has 0 spiro atoms. The Bertz CT molecular complexity index is 253. The first-order valence-corrected chi connectivity index (χ1v) is 7.49. The molecule has 0 bridgehead atoms. The Balaban J connectivity index is 2.23. The van der Waals surface area contributed by atoms with Crippen molar-refractivity contribution in [3.05, 3.63) is 0 Å². The SMILES string of the molecule is CC(C)CC(CN)CC(=O)NCC1CCCC1C. The van der Waals surface area contributed by atoms with E-state index in [1.807, 2.05) is 0 Å². The van der Waals surface area contributed by atoms with Gasteiger partial charge in [-0.3, -0.25) is 4.79 Å². The van der Waals surface area contributed by atoms with Gasteiger partial charge in [0.15, 0.2) is 0 Å². The van der Waals surface area contributed by atoms with E-state index in [0.717, 1.165) is 18.9 Å². The minimum Gasteiger partial charge on any atom is -0.356 e. The third kappa shape index (κ3) is 5.38. The molecule has 1 saturated carbocycles. The summed E-state index contributed by atoms with van der Waals surface area (Å²) in [5.74, 6) is 2.60. The fraction of sp³-hybridized carbons (Fsp3) is 0.933. The van der Waals surface area contributed by atoms with Crippen LogP contribution in [0.25, 0.3) is 0 Å². The molecule has 3 atom stereocenters. The van der Waals surface area contributed by atoms with Crippen LogP contribution in [0.2, 0.25) is 0 Å². The van der Waals surface area contributed by atoms with Crippen LogP contribution in [0.1, 0.15) is 52.9 Å². The van der Waals surface area contributed by atoms with Crippen molar-refractivity contribution >= 4 is 5.91 Å². The maximum atomic E-state index is 11.9. The van der Waals surface area contributed by atoms with Gasteiger partial charge in [-0.25, -0.2) is 0 Å². The molecule has 3 N–H and O–H groups in total. The second-order valence-electron chi connectivity index (χ2n) is 6.41. The van der Waals surface area contributed by atoms with Crippen molar-refractivity contribution in [2.24, 2.45) is 29.4 Å². The molecule has 1 aliphatic rings. The molecular weight excluding hydrogens is 224 g/mol. The van der Waals surface area contributed by atoms with Crippen LogP contribution in [0.4, 0.5) is 0 Å². The fourth-order valence-electron chi connectivity index (χ4n) is 3.03. The smallest absolute Gasteiger partial charge is 0.220 e. The number of carbonyl (C=O) groups is 1. The Hall–Kier alpha value is -0.570. The summed E-state index contributed by atoms with van der Waals surface area (Å²) in [5, 5.41) is 3.10. The van der Waals surface area contributed by atoms with E-state index in [1.54, 1.807) is 0 Å². The van der Waals surface area contributed by atoms with Crippen LogP contribution >= 0.6 is 0 Å². The maximum Gasteiger partial charge on any atom is 0.220 e. The van der Waals surface area contributed by atoms with Gasteiger partial charge >= 0.3 is 0 Å². The second kappa shape index (κ2) is 7.78. The van der Waals surface area contributed by atoms with E-state index in [0.29, 0.717) is 30.7 Å². The quantitative estimate of drug-likeness (QED) is 0.733. The second-order valence-corrected chi connectivity index (χ2v) is 6.41. The first-order chi connectivity index (χ1) is 8.52. The Kier molecular flexibility index (Phi) is 6.69. The molecule has 106 valence electrons. The molecule has 0 aromatic carbocycles. The summed E-state index contributed by atoms with van der Waals surface area (Å²) in [4.78, 5) is 11.9. The van der Waals surface area contributed by atoms with Gasteiger partial charge in [0, 0.05) is 13.0 Å². The predicted molar refractivity (Wildman–Crippen MR) is 76.1 cm³/mol. The normalized spacial score (nSPS) is 25.4. The number of carbonyl (C=O) groups excluding carboxylic acids is 1. The molecule has 1 rings (SSSR count). The van der Waals surface area contributed by atoms with Crippen LogP contribution in [-0.2, 0) is 4.79 Å². The zero-order chi connectivity index (χ0) is 13.5. The van der Waals surface area contributed by atoms with Gasteiger partial charge in [-0.05, 0) is 43.1 Å². The van der Waals surface area contributed by atoms with Crippen LogP contribution in [0.5, 0.6) is 0 Å². The average molecular weight is 254 g/mol. The predicted octanol–water partition coefficient (Wildman–Crippen LogP) is 2.55. The van der Waals surface area contributed by atoms with E-state index in [4.69, 9.17) is 5.73 Å². The molecule has 1 amide bonds. The molecule has 0 aromatic rings. The Morgan fingerprint density at radius 3 is 2.61 bits per heavy atom. The van der Waals surface area contributed by atoms with Crippen molar-refractivity contribution in [3.63, 3.8) is 0 Å². The maximum absolute atomic E-state index is 11.9. The van der Waals surface area contributed by atoms with Gasteiger partial charge in [-0.2, -0.15) is 0 Å².